The van der Waals surface area contributed by atoms with Gasteiger partial charge in [0.05, 0.1) is 18.4 Å². The number of halogens is 1. The summed E-state index contributed by atoms with van der Waals surface area (Å²) in [6.45, 7) is 2.65. The fourth-order valence-electron chi connectivity index (χ4n) is 3.51. The zero-order valence-corrected chi connectivity index (χ0v) is 14.6. The molecular weight excluding hydrogens is 342 g/mol. The lowest BCUT2D eigenvalue weighted by Crippen LogP contribution is -2.42. The van der Waals surface area contributed by atoms with Gasteiger partial charge in [0.2, 0.25) is 17.6 Å². The molecule has 0 spiro atoms. The fourth-order valence-corrected chi connectivity index (χ4v) is 3.70. The number of piperidine rings is 1. The average Bonchev–Trinajstić information content (AvgIpc) is 3.33. The quantitative estimate of drug-likeness (QED) is 0.840. The molecule has 0 radical (unpaired) electrons. The molecule has 1 amide bonds. The van der Waals surface area contributed by atoms with Crippen molar-refractivity contribution in [3.8, 4) is 11.4 Å². The summed E-state index contributed by atoms with van der Waals surface area (Å²) in [5, 5.41) is 4.72. The summed E-state index contributed by atoms with van der Waals surface area (Å²) in [4.78, 5) is 19.1. The Balaban J connectivity index is 1.47. The van der Waals surface area contributed by atoms with Gasteiger partial charge in [0.1, 0.15) is 0 Å². The number of aromatic nitrogens is 2. The predicted octanol–water partition coefficient (Wildman–Crippen LogP) is 3.13. The molecule has 25 heavy (non-hydrogen) atoms. The van der Waals surface area contributed by atoms with Crippen LogP contribution in [0.2, 0.25) is 5.02 Å². The van der Waals surface area contributed by atoms with E-state index in [1.165, 1.54) is 0 Å². The molecule has 2 saturated heterocycles. The van der Waals surface area contributed by atoms with Crippen LogP contribution in [0.1, 0.15) is 31.1 Å². The van der Waals surface area contributed by atoms with Crippen LogP contribution in [0.5, 0.6) is 0 Å². The van der Waals surface area contributed by atoms with E-state index >= 15 is 0 Å². The van der Waals surface area contributed by atoms with Gasteiger partial charge in [0.25, 0.3) is 0 Å². The molecule has 1 aromatic heterocycles. The van der Waals surface area contributed by atoms with E-state index in [-0.39, 0.29) is 17.7 Å². The van der Waals surface area contributed by atoms with Gasteiger partial charge < -0.3 is 14.2 Å². The molecule has 0 saturated carbocycles. The van der Waals surface area contributed by atoms with Crippen LogP contribution < -0.4 is 0 Å². The largest absolute Gasteiger partial charge is 0.381 e. The Kier molecular flexibility index (Phi) is 4.72. The highest BCUT2D eigenvalue weighted by atomic mass is 35.5. The van der Waals surface area contributed by atoms with Gasteiger partial charge in [0.15, 0.2) is 0 Å². The standard InChI is InChI=1S/C18H20ClN3O3/c19-15-5-1-3-12(9-15)16-20-17(25-21-16)13-4-2-7-22(10-13)18(23)14-6-8-24-11-14/h1,3,5,9,13-14H,2,4,6-8,10-11H2. The van der Waals surface area contributed by atoms with Crippen molar-refractivity contribution in [2.24, 2.45) is 5.92 Å². The van der Waals surface area contributed by atoms with Crippen molar-refractivity contribution in [3.63, 3.8) is 0 Å². The minimum Gasteiger partial charge on any atom is -0.381 e. The summed E-state index contributed by atoms with van der Waals surface area (Å²) >= 11 is 6.03. The van der Waals surface area contributed by atoms with E-state index in [1.54, 1.807) is 0 Å². The normalized spacial score (nSPS) is 23.8. The first kappa shape index (κ1) is 16.5. The number of ether oxygens (including phenoxy) is 1. The summed E-state index contributed by atoms with van der Waals surface area (Å²) < 4.78 is 10.8. The Hall–Kier alpha value is -1.92. The highest BCUT2D eigenvalue weighted by molar-refractivity contribution is 6.30. The van der Waals surface area contributed by atoms with Crippen molar-refractivity contribution in [3.05, 3.63) is 35.2 Å². The summed E-state index contributed by atoms with van der Waals surface area (Å²) in [6.07, 6.45) is 2.71. The van der Waals surface area contributed by atoms with Crippen molar-refractivity contribution in [2.75, 3.05) is 26.3 Å². The molecule has 4 rings (SSSR count). The number of likely N-dealkylation sites (tertiary alicyclic amines) is 1. The molecule has 2 aliphatic rings. The lowest BCUT2D eigenvalue weighted by atomic mass is 9.96. The molecule has 0 N–H and O–H groups in total. The van der Waals surface area contributed by atoms with Gasteiger partial charge in [-0.2, -0.15) is 4.98 Å². The molecule has 2 unspecified atom stereocenters. The number of amides is 1. The van der Waals surface area contributed by atoms with Gasteiger partial charge in [-0.25, -0.2) is 0 Å². The van der Waals surface area contributed by atoms with Crippen LogP contribution in [0.4, 0.5) is 0 Å². The van der Waals surface area contributed by atoms with Crippen LogP contribution in [-0.2, 0) is 9.53 Å². The number of benzene rings is 1. The summed E-state index contributed by atoms with van der Waals surface area (Å²) in [5.41, 5.74) is 0.828. The topological polar surface area (TPSA) is 68.5 Å². The summed E-state index contributed by atoms with van der Waals surface area (Å²) in [6, 6.07) is 7.38. The molecular formula is C18H20ClN3O3. The van der Waals surface area contributed by atoms with E-state index in [4.69, 9.17) is 20.9 Å². The van der Waals surface area contributed by atoms with E-state index in [9.17, 15) is 4.79 Å². The lowest BCUT2D eigenvalue weighted by Gasteiger charge is -2.32. The molecule has 7 heteroatoms. The molecule has 2 aliphatic heterocycles. The predicted molar refractivity (Wildman–Crippen MR) is 92.2 cm³/mol. The van der Waals surface area contributed by atoms with E-state index in [1.807, 2.05) is 29.2 Å². The highest BCUT2D eigenvalue weighted by Crippen LogP contribution is 2.29. The number of hydrogen-bond acceptors (Lipinski definition) is 5. The first-order valence-electron chi connectivity index (χ1n) is 8.67. The van der Waals surface area contributed by atoms with E-state index in [0.29, 0.717) is 36.5 Å². The lowest BCUT2D eigenvalue weighted by molar-refractivity contribution is -0.136. The van der Waals surface area contributed by atoms with Crippen molar-refractivity contribution < 1.29 is 14.1 Å². The molecule has 3 heterocycles. The zero-order valence-electron chi connectivity index (χ0n) is 13.9. The first-order valence-corrected chi connectivity index (χ1v) is 9.04. The molecule has 1 aromatic carbocycles. The third kappa shape index (κ3) is 3.55. The van der Waals surface area contributed by atoms with Crippen LogP contribution in [0, 0.1) is 5.92 Å². The van der Waals surface area contributed by atoms with Gasteiger partial charge in [-0.15, -0.1) is 0 Å². The SMILES string of the molecule is O=C(C1CCOC1)N1CCCC(c2nc(-c3cccc(Cl)c3)no2)C1. The van der Waals surface area contributed by atoms with Crippen LogP contribution >= 0.6 is 11.6 Å². The highest BCUT2D eigenvalue weighted by Gasteiger charge is 2.33. The molecule has 2 atom stereocenters. The Labute approximate surface area is 151 Å². The van der Waals surface area contributed by atoms with Gasteiger partial charge >= 0.3 is 0 Å². The average molecular weight is 362 g/mol. The van der Waals surface area contributed by atoms with Crippen molar-refractivity contribution in [2.45, 2.75) is 25.2 Å². The molecule has 0 bridgehead atoms. The maximum absolute atomic E-state index is 12.6. The summed E-state index contributed by atoms with van der Waals surface area (Å²) in [7, 11) is 0. The maximum Gasteiger partial charge on any atom is 0.231 e. The Morgan fingerprint density at radius 2 is 2.24 bits per heavy atom. The minimum atomic E-state index is 0.00320. The first-order chi connectivity index (χ1) is 12.2. The van der Waals surface area contributed by atoms with Crippen LogP contribution in [0.3, 0.4) is 0 Å². The van der Waals surface area contributed by atoms with Gasteiger partial charge in [-0.3, -0.25) is 4.79 Å². The van der Waals surface area contributed by atoms with Crippen LogP contribution in [0.25, 0.3) is 11.4 Å². The van der Waals surface area contributed by atoms with Crippen molar-refractivity contribution >= 4 is 17.5 Å². The van der Waals surface area contributed by atoms with E-state index in [0.717, 1.165) is 31.4 Å². The zero-order chi connectivity index (χ0) is 17.2. The van der Waals surface area contributed by atoms with Gasteiger partial charge in [-0.05, 0) is 31.4 Å². The number of hydrogen-bond donors (Lipinski definition) is 0. The molecule has 132 valence electrons. The molecule has 6 nitrogen and oxygen atoms in total. The Bertz CT molecular complexity index is 758. The number of rotatable bonds is 3. The number of nitrogens with zero attached hydrogens (tertiary/aromatic N) is 3. The Morgan fingerprint density at radius 1 is 1.32 bits per heavy atom. The molecule has 2 fully saturated rings. The maximum atomic E-state index is 12.6. The molecule has 0 aliphatic carbocycles. The smallest absolute Gasteiger partial charge is 0.231 e. The Morgan fingerprint density at radius 3 is 3.04 bits per heavy atom. The number of carbonyl (C=O) groups is 1. The number of carbonyl (C=O) groups excluding carboxylic acids is 1. The summed E-state index contributed by atoms with van der Waals surface area (Å²) in [5.74, 6) is 1.40. The van der Waals surface area contributed by atoms with Gasteiger partial charge in [-0.1, -0.05) is 28.9 Å². The van der Waals surface area contributed by atoms with Crippen molar-refractivity contribution in [1.82, 2.24) is 15.0 Å². The fraction of sp³-hybridized carbons (Fsp3) is 0.500. The third-order valence-electron chi connectivity index (χ3n) is 4.89. The second-order valence-corrected chi connectivity index (χ2v) is 7.09. The van der Waals surface area contributed by atoms with Gasteiger partial charge in [0, 0.05) is 30.3 Å². The van der Waals surface area contributed by atoms with E-state index < -0.39 is 0 Å². The second-order valence-electron chi connectivity index (χ2n) is 6.65. The second kappa shape index (κ2) is 7.14. The van der Waals surface area contributed by atoms with E-state index in [2.05, 4.69) is 10.1 Å². The van der Waals surface area contributed by atoms with Crippen LogP contribution in [-0.4, -0.2) is 47.3 Å². The minimum absolute atomic E-state index is 0.00320. The van der Waals surface area contributed by atoms with Crippen molar-refractivity contribution in [1.29, 1.82) is 0 Å². The van der Waals surface area contributed by atoms with Crippen LogP contribution in [0.15, 0.2) is 28.8 Å². The monoisotopic (exact) mass is 361 g/mol. The molecule has 2 aromatic rings. The third-order valence-corrected chi connectivity index (χ3v) is 5.12.